The fourth-order valence-electron chi connectivity index (χ4n) is 2.44. The van der Waals surface area contributed by atoms with Gasteiger partial charge in [0.1, 0.15) is 5.69 Å². The van der Waals surface area contributed by atoms with Gasteiger partial charge in [-0.05, 0) is 24.6 Å². The number of fused-ring (bicyclic) bond motifs is 1. The number of aromatic nitrogens is 5. The average Bonchev–Trinajstić information content (AvgIpc) is 3.16. The van der Waals surface area contributed by atoms with Crippen molar-refractivity contribution >= 4 is 32.5 Å². The summed E-state index contributed by atoms with van der Waals surface area (Å²) >= 11 is 2.34. The van der Waals surface area contributed by atoms with Gasteiger partial charge in [-0.3, -0.25) is 4.98 Å². The Hall–Kier alpha value is -0.369. The molecule has 0 saturated carbocycles. The summed E-state index contributed by atoms with van der Waals surface area (Å²) in [4.78, 5) is 11.7. The third kappa shape index (κ3) is 5.51. The predicted molar refractivity (Wildman–Crippen MR) is 91.7 cm³/mol. The number of nitrogens with zero attached hydrogens (tertiary/aromatic N) is 5. The molecule has 0 aliphatic heterocycles. The van der Waals surface area contributed by atoms with Crippen molar-refractivity contribution in [3.05, 3.63) is 24.3 Å². The van der Waals surface area contributed by atoms with E-state index in [0.717, 1.165) is 34.3 Å². The molecule has 5 nitrogen and oxygen atoms in total. The zero-order valence-electron chi connectivity index (χ0n) is 16.4. The van der Waals surface area contributed by atoms with Crippen molar-refractivity contribution < 1.29 is 70.5 Å². The van der Waals surface area contributed by atoms with E-state index in [2.05, 4.69) is 21.3 Å². The fraction of sp³-hybridized carbons (Fsp3) is 0.400. The van der Waals surface area contributed by atoms with Crippen LogP contribution in [0, 0.1) is 6.33 Å². The number of rotatable bonds is 4. The number of hydrogen-bond acceptors (Lipinski definition) is 4. The van der Waals surface area contributed by atoms with Gasteiger partial charge in [-0.15, -0.1) is 0 Å². The first-order valence-corrected chi connectivity index (χ1v) is 12.6. The molecule has 0 N–H and O–H groups in total. The van der Waals surface area contributed by atoms with Crippen LogP contribution in [0.4, 0.5) is 22.0 Å². The molecule has 0 aromatic carbocycles. The van der Waals surface area contributed by atoms with E-state index in [4.69, 9.17) is 9.69 Å². The minimum Gasteiger partial charge on any atom is 1.00 e. The fourth-order valence-corrected chi connectivity index (χ4v) is 3.22. The standard InChI is InChI=1S/C15H13F5N5S.2ClH.Li.Zn/c1-4-26-13-11(22-7-24(13)2)12-23-8-5-10(14(16,17)15(18,19)20)21-6-9(8)25(12)3;;;;/h5-6H,4H2,1-3H3;2*1H;;/q-1;;;+1;+2/p-2. The van der Waals surface area contributed by atoms with E-state index in [1.807, 2.05) is 6.92 Å². The van der Waals surface area contributed by atoms with Gasteiger partial charge in [0, 0.05) is 13.4 Å². The summed E-state index contributed by atoms with van der Waals surface area (Å²) in [5.74, 6) is -3.96. The van der Waals surface area contributed by atoms with Gasteiger partial charge in [0.15, 0.2) is 0 Å². The van der Waals surface area contributed by atoms with E-state index in [0.29, 0.717) is 23.1 Å². The van der Waals surface area contributed by atoms with Gasteiger partial charge in [0.05, 0.1) is 23.1 Å². The minimum absolute atomic E-state index is 0. The first-order chi connectivity index (χ1) is 13.1. The summed E-state index contributed by atoms with van der Waals surface area (Å²) in [6.07, 6.45) is -2.02. The molecular formula is C15H13Cl2F5LiN5SZn. The first-order valence-electron chi connectivity index (χ1n) is 7.69. The maximum absolute atomic E-state index is 13.5. The summed E-state index contributed by atoms with van der Waals surface area (Å²) in [5.41, 5.74) is -0.616. The van der Waals surface area contributed by atoms with Crippen molar-refractivity contribution in [2.75, 3.05) is 5.75 Å². The van der Waals surface area contributed by atoms with Crippen LogP contribution in [-0.2, 0) is 37.3 Å². The second-order valence-corrected chi connectivity index (χ2v) is 6.74. The average molecular weight is 534 g/mol. The molecule has 0 unspecified atom stereocenters. The monoisotopic (exact) mass is 531 g/mol. The third-order valence-corrected chi connectivity index (χ3v) is 4.79. The molecule has 3 rings (SSSR count). The molecule has 0 radical (unpaired) electrons. The Balaban J connectivity index is 0.00000204. The van der Waals surface area contributed by atoms with E-state index < -0.39 is 17.8 Å². The second-order valence-electron chi connectivity index (χ2n) is 5.48. The molecule has 3 heterocycles. The van der Waals surface area contributed by atoms with Crippen LogP contribution >= 0.6 is 21.5 Å². The summed E-state index contributed by atoms with van der Waals surface area (Å²) in [5, 5.41) is 0.764. The van der Waals surface area contributed by atoms with Crippen LogP contribution in [0.2, 0.25) is 0 Å². The summed E-state index contributed by atoms with van der Waals surface area (Å²) < 4.78 is 68.0. The van der Waals surface area contributed by atoms with Crippen molar-refractivity contribution in [2.45, 2.75) is 24.0 Å². The quantitative estimate of drug-likeness (QED) is 0.180. The van der Waals surface area contributed by atoms with E-state index in [9.17, 15) is 22.0 Å². The topological polar surface area (TPSA) is 48.5 Å². The Morgan fingerprint density at radius 1 is 1.20 bits per heavy atom. The van der Waals surface area contributed by atoms with Crippen LogP contribution in [0.3, 0.4) is 0 Å². The maximum atomic E-state index is 13.5. The summed E-state index contributed by atoms with van der Waals surface area (Å²) in [6, 6.07) is 0.658. The van der Waals surface area contributed by atoms with Crippen LogP contribution in [0.15, 0.2) is 17.3 Å². The second kappa shape index (κ2) is 11.5. The molecule has 30 heavy (non-hydrogen) atoms. The smallest absolute Gasteiger partial charge is 1.00 e. The van der Waals surface area contributed by atoms with E-state index in [1.165, 1.54) is 11.8 Å². The van der Waals surface area contributed by atoms with Crippen molar-refractivity contribution in [3.63, 3.8) is 0 Å². The maximum Gasteiger partial charge on any atom is 1.00 e. The third-order valence-electron chi connectivity index (χ3n) is 3.76. The first kappa shape index (κ1) is 29.6. The van der Waals surface area contributed by atoms with Gasteiger partial charge >= 0.3 is 58.0 Å². The number of hydrogen-bond donors (Lipinski definition) is 0. The largest absolute Gasteiger partial charge is 1.00 e. The molecule has 3 aromatic rings. The van der Waals surface area contributed by atoms with Gasteiger partial charge in [0.2, 0.25) is 0 Å². The van der Waals surface area contributed by atoms with Crippen LogP contribution < -0.4 is 31.3 Å². The zero-order valence-corrected chi connectivity index (χ0v) is 21.7. The number of aryl methyl sites for hydroxylation is 2. The van der Waals surface area contributed by atoms with Crippen molar-refractivity contribution in [2.24, 2.45) is 14.1 Å². The van der Waals surface area contributed by atoms with Crippen molar-refractivity contribution in [1.29, 1.82) is 0 Å². The molecule has 0 aliphatic carbocycles. The molecule has 0 saturated heterocycles. The van der Waals surface area contributed by atoms with Crippen LogP contribution in [-0.4, -0.2) is 36.0 Å². The number of thioether (sulfide) groups is 1. The zero-order chi connectivity index (χ0) is 21.3. The molecule has 15 heteroatoms. The van der Waals surface area contributed by atoms with Gasteiger partial charge in [-0.25, -0.2) is 4.98 Å². The molecule has 0 spiro atoms. The van der Waals surface area contributed by atoms with Gasteiger partial charge < -0.3 is 26.5 Å². The summed E-state index contributed by atoms with van der Waals surface area (Å²) in [7, 11) is 8.13. The number of halogens is 7. The molecule has 0 fully saturated rings. The van der Waals surface area contributed by atoms with Crippen LogP contribution in [0.1, 0.15) is 12.6 Å². The molecule has 0 atom stereocenters. The van der Waals surface area contributed by atoms with Crippen molar-refractivity contribution in [1.82, 2.24) is 24.1 Å². The van der Waals surface area contributed by atoms with Gasteiger partial charge in [0.25, 0.3) is 0 Å². The molecule has 156 valence electrons. The Bertz CT molecular complexity index is 982. The Morgan fingerprint density at radius 3 is 2.33 bits per heavy atom. The molecule has 0 amide bonds. The Kier molecular flexibility index (Phi) is 11.3. The van der Waals surface area contributed by atoms with E-state index >= 15 is 0 Å². The molecule has 0 aliphatic rings. The number of pyridine rings is 1. The molecule has 0 bridgehead atoms. The normalized spacial score (nSPS) is 11.4. The van der Waals surface area contributed by atoms with E-state index in [-0.39, 0.29) is 36.8 Å². The molecule has 3 aromatic heterocycles. The predicted octanol–water partition coefficient (Wildman–Crippen LogP) is -1.37. The number of imidazole rings is 2. The van der Waals surface area contributed by atoms with Gasteiger partial charge in [-0.2, -0.15) is 33.7 Å². The Morgan fingerprint density at radius 2 is 1.80 bits per heavy atom. The van der Waals surface area contributed by atoms with Gasteiger partial charge in [-0.1, -0.05) is 11.9 Å². The van der Waals surface area contributed by atoms with Crippen LogP contribution in [0.5, 0.6) is 0 Å². The summed E-state index contributed by atoms with van der Waals surface area (Å²) in [6.45, 7) is 1.95. The van der Waals surface area contributed by atoms with E-state index in [1.54, 1.807) is 23.2 Å². The number of alkyl halides is 5. The van der Waals surface area contributed by atoms with Crippen molar-refractivity contribution in [3.8, 4) is 11.5 Å². The molecular weight excluding hydrogens is 520 g/mol. The Labute approximate surface area is 205 Å². The SMILES string of the molecule is CCSc1c(-c2nc3cc(C(F)(F)C(F)(F)F)ncc3n2C)n[c-]n1C.[Cl-].[Cl][Zn+].[Li+]. The van der Waals surface area contributed by atoms with Crippen LogP contribution in [0.25, 0.3) is 22.6 Å². The minimum atomic E-state index is -5.73.